The quantitative estimate of drug-likeness (QED) is 0.873. The number of hydrogen-bond acceptors (Lipinski definition) is 3. The van der Waals surface area contributed by atoms with Gasteiger partial charge in [0.05, 0.1) is 13.2 Å². The molecule has 0 radical (unpaired) electrons. The molecule has 1 aromatic rings. The Morgan fingerprint density at radius 3 is 2.95 bits per heavy atom. The number of para-hydroxylation sites is 1. The minimum Gasteiger partial charge on any atom is -0.496 e. The molecule has 0 aromatic heterocycles. The summed E-state index contributed by atoms with van der Waals surface area (Å²) in [6.45, 7) is 5.18. The van der Waals surface area contributed by atoms with Crippen LogP contribution < -0.4 is 15.4 Å². The van der Waals surface area contributed by atoms with Crippen LogP contribution in [-0.4, -0.2) is 31.6 Å². The number of amides is 1. The van der Waals surface area contributed by atoms with Gasteiger partial charge in [0.15, 0.2) is 0 Å². The van der Waals surface area contributed by atoms with E-state index in [-0.39, 0.29) is 18.0 Å². The Hall–Kier alpha value is -1.55. The Morgan fingerprint density at radius 2 is 2.24 bits per heavy atom. The summed E-state index contributed by atoms with van der Waals surface area (Å²) in [6, 6.07) is 7.99. The van der Waals surface area contributed by atoms with Crippen molar-refractivity contribution in [1.82, 2.24) is 10.6 Å². The molecule has 0 aliphatic carbocycles. The Labute approximate surface area is 127 Å². The molecule has 2 rings (SSSR count). The standard InChI is InChI=1S/C17H26N2O2/c1-12-8-9-18-15(10-12)17(20)19-13(2)11-14-6-4-5-7-16(14)21-3/h4-7,12-13,15,18H,8-11H2,1-3H3,(H,19,20). The first-order valence-corrected chi connectivity index (χ1v) is 7.75. The van der Waals surface area contributed by atoms with Crippen LogP contribution in [0, 0.1) is 5.92 Å². The van der Waals surface area contributed by atoms with Gasteiger partial charge in [-0.05, 0) is 50.3 Å². The zero-order valence-corrected chi connectivity index (χ0v) is 13.2. The smallest absolute Gasteiger partial charge is 0.237 e. The maximum Gasteiger partial charge on any atom is 0.237 e. The second-order valence-electron chi connectivity index (χ2n) is 6.06. The molecule has 1 aromatic carbocycles. The van der Waals surface area contributed by atoms with Crippen molar-refractivity contribution in [1.29, 1.82) is 0 Å². The van der Waals surface area contributed by atoms with E-state index in [1.54, 1.807) is 7.11 Å². The van der Waals surface area contributed by atoms with E-state index in [0.717, 1.165) is 37.1 Å². The van der Waals surface area contributed by atoms with Gasteiger partial charge in [0.25, 0.3) is 0 Å². The zero-order chi connectivity index (χ0) is 15.2. The van der Waals surface area contributed by atoms with Crippen LogP contribution in [0.15, 0.2) is 24.3 Å². The lowest BCUT2D eigenvalue weighted by Crippen LogP contribution is -2.50. The topological polar surface area (TPSA) is 50.4 Å². The lowest BCUT2D eigenvalue weighted by atomic mass is 9.93. The van der Waals surface area contributed by atoms with E-state index in [1.807, 2.05) is 31.2 Å². The van der Waals surface area contributed by atoms with Gasteiger partial charge < -0.3 is 15.4 Å². The van der Waals surface area contributed by atoms with Crippen molar-refractivity contribution < 1.29 is 9.53 Å². The molecule has 4 nitrogen and oxygen atoms in total. The average molecular weight is 290 g/mol. The van der Waals surface area contributed by atoms with Gasteiger partial charge >= 0.3 is 0 Å². The molecule has 3 atom stereocenters. The summed E-state index contributed by atoms with van der Waals surface area (Å²) in [5.74, 6) is 1.61. The first-order chi connectivity index (χ1) is 10.1. The van der Waals surface area contributed by atoms with Crippen molar-refractivity contribution in [3.63, 3.8) is 0 Å². The van der Waals surface area contributed by atoms with Crippen molar-refractivity contribution in [3.8, 4) is 5.75 Å². The molecule has 1 aliphatic rings. The first kappa shape index (κ1) is 15.8. The molecule has 0 saturated carbocycles. The Morgan fingerprint density at radius 1 is 1.48 bits per heavy atom. The van der Waals surface area contributed by atoms with Gasteiger partial charge in [0, 0.05) is 6.04 Å². The van der Waals surface area contributed by atoms with Gasteiger partial charge in [0.2, 0.25) is 5.91 Å². The Balaban J connectivity index is 1.89. The molecule has 1 saturated heterocycles. The molecule has 1 heterocycles. The van der Waals surface area contributed by atoms with Crippen molar-refractivity contribution in [2.24, 2.45) is 5.92 Å². The molecule has 1 amide bonds. The highest BCUT2D eigenvalue weighted by Gasteiger charge is 2.25. The molecule has 0 spiro atoms. The van der Waals surface area contributed by atoms with Gasteiger partial charge in [-0.2, -0.15) is 0 Å². The third-order valence-electron chi connectivity index (χ3n) is 4.09. The van der Waals surface area contributed by atoms with Crippen molar-refractivity contribution in [3.05, 3.63) is 29.8 Å². The SMILES string of the molecule is COc1ccccc1CC(C)NC(=O)C1CC(C)CCN1. The van der Waals surface area contributed by atoms with Crippen LogP contribution in [-0.2, 0) is 11.2 Å². The number of ether oxygens (including phenoxy) is 1. The summed E-state index contributed by atoms with van der Waals surface area (Å²) < 4.78 is 5.36. The summed E-state index contributed by atoms with van der Waals surface area (Å²) in [5.41, 5.74) is 1.12. The van der Waals surface area contributed by atoms with Gasteiger partial charge in [-0.25, -0.2) is 0 Å². The fraction of sp³-hybridized carbons (Fsp3) is 0.588. The number of carbonyl (C=O) groups is 1. The first-order valence-electron chi connectivity index (χ1n) is 7.75. The van der Waals surface area contributed by atoms with Crippen LogP contribution in [0.1, 0.15) is 32.3 Å². The van der Waals surface area contributed by atoms with E-state index in [0.29, 0.717) is 5.92 Å². The molecule has 116 valence electrons. The molecular weight excluding hydrogens is 264 g/mol. The molecule has 1 aliphatic heterocycles. The number of nitrogens with one attached hydrogen (secondary N) is 2. The third-order valence-corrected chi connectivity index (χ3v) is 4.09. The van der Waals surface area contributed by atoms with Gasteiger partial charge in [-0.1, -0.05) is 25.1 Å². The van der Waals surface area contributed by atoms with Crippen LogP contribution in [0.5, 0.6) is 5.75 Å². The number of rotatable bonds is 5. The minimum atomic E-state index is -0.0473. The van der Waals surface area contributed by atoms with E-state index < -0.39 is 0 Å². The number of hydrogen-bond donors (Lipinski definition) is 2. The lowest BCUT2D eigenvalue weighted by molar-refractivity contribution is -0.124. The largest absolute Gasteiger partial charge is 0.496 e. The monoisotopic (exact) mass is 290 g/mol. The second-order valence-corrected chi connectivity index (χ2v) is 6.06. The van der Waals surface area contributed by atoms with E-state index in [4.69, 9.17) is 4.74 Å². The maximum absolute atomic E-state index is 12.3. The highest BCUT2D eigenvalue weighted by Crippen LogP contribution is 2.19. The molecular formula is C17H26N2O2. The summed E-state index contributed by atoms with van der Waals surface area (Å²) in [7, 11) is 1.68. The van der Waals surface area contributed by atoms with E-state index in [9.17, 15) is 4.79 Å². The molecule has 1 fully saturated rings. The van der Waals surface area contributed by atoms with Crippen molar-refractivity contribution >= 4 is 5.91 Å². The Bertz CT molecular complexity index is 476. The summed E-state index contributed by atoms with van der Waals surface area (Å²) in [6.07, 6.45) is 2.85. The lowest BCUT2D eigenvalue weighted by Gasteiger charge is -2.28. The van der Waals surface area contributed by atoms with Crippen LogP contribution in [0.25, 0.3) is 0 Å². The van der Waals surface area contributed by atoms with Crippen LogP contribution in [0.3, 0.4) is 0 Å². The van der Waals surface area contributed by atoms with E-state index in [2.05, 4.69) is 17.6 Å². The molecule has 0 bridgehead atoms. The predicted octanol–water partition coefficient (Wildman–Crippen LogP) is 2.13. The fourth-order valence-corrected chi connectivity index (χ4v) is 2.90. The molecule has 21 heavy (non-hydrogen) atoms. The molecule has 2 N–H and O–H groups in total. The van der Waals surface area contributed by atoms with Crippen LogP contribution >= 0.6 is 0 Å². The van der Waals surface area contributed by atoms with Gasteiger partial charge in [-0.15, -0.1) is 0 Å². The second kappa shape index (κ2) is 7.46. The number of benzene rings is 1. The predicted molar refractivity (Wildman–Crippen MR) is 84.5 cm³/mol. The van der Waals surface area contributed by atoms with Crippen LogP contribution in [0.2, 0.25) is 0 Å². The normalized spacial score (nSPS) is 23.4. The number of piperidine rings is 1. The maximum atomic E-state index is 12.3. The fourth-order valence-electron chi connectivity index (χ4n) is 2.90. The summed E-state index contributed by atoms with van der Waals surface area (Å²) in [4.78, 5) is 12.3. The van der Waals surface area contributed by atoms with E-state index >= 15 is 0 Å². The molecule has 4 heteroatoms. The third kappa shape index (κ3) is 4.46. The van der Waals surface area contributed by atoms with Crippen LogP contribution in [0.4, 0.5) is 0 Å². The van der Waals surface area contributed by atoms with Gasteiger partial charge in [-0.3, -0.25) is 4.79 Å². The minimum absolute atomic E-state index is 0.0473. The number of carbonyl (C=O) groups excluding carboxylic acids is 1. The average Bonchev–Trinajstić information content (AvgIpc) is 2.47. The van der Waals surface area contributed by atoms with Gasteiger partial charge in [0.1, 0.15) is 5.75 Å². The highest BCUT2D eigenvalue weighted by atomic mass is 16.5. The summed E-state index contributed by atoms with van der Waals surface area (Å²) >= 11 is 0. The Kier molecular flexibility index (Phi) is 5.62. The summed E-state index contributed by atoms with van der Waals surface area (Å²) in [5, 5.41) is 6.42. The van der Waals surface area contributed by atoms with E-state index in [1.165, 1.54) is 0 Å². The highest BCUT2D eigenvalue weighted by molar-refractivity contribution is 5.82. The zero-order valence-electron chi connectivity index (χ0n) is 13.2. The van der Waals surface area contributed by atoms with Crippen molar-refractivity contribution in [2.45, 2.75) is 45.2 Å². The van der Waals surface area contributed by atoms with Crippen molar-refractivity contribution in [2.75, 3.05) is 13.7 Å². The molecule has 3 unspecified atom stereocenters. The number of methoxy groups -OCH3 is 1.